The van der Waals surface area contributed by atoms with Gasteiger partial charge in [0.05, 0.1) is 35.6 Å². The molecule has 2 heterocycles. The summed E-state index contributed by atoms with van der Waals surface area (Å²) in [6, 6.07) is 44.2. The van der Waals surface area contributed by atoms with Crippen LogP contribution in [0.25, 0.3) is 21.8 Å². The fourth-order valence-electron chi connectivity index (χ4n) is 8.48. The maximum Gasteiger partial charge on any atom is 0.232 e. The molecule has 1 aliphatic rings. The quantitative estimate of drug-likeness (QED) is 0.0605. The fourth-order valence-corrected chi connectivity index (χ4v) is 12.2. The van der Waals surface area contributed by atoms with Crippen molar-refractivity contribution in [1.82, 2.24) is 14.8 Å². The van der Waals surface area contributed by atoms with Crippen LogP contribution in [0.3, 0.4) is 0 Å². The predicted octanol–water partition coefficient (Wildman–Crippen LogP) is 10.0. The van der Waals surface area contributed by atoms with E-state index in [0.29, 0.717) is 25.4 Å². The summed E-state index contributed by atoms with van der Waals surface area (Å²) in [5, 5.41) is 6.02. The highest BCUT2D eigenvalue weighted by molar-refractivity contribution is 7.92. The van der Waals surface area contributed by atoms with E-state index < -0.39 is 18.3 Å². The number of aromatic nitrogens is 1. The second-order valence-electron chi connectivity index (χ2n) is 16.3. The van der Waals surface area contributed by atoms with Crippen LogP contribution >= 0.6 is 0 Å². The van der Waals surface area contributed by atoms with Crippen molar-refractivity contribution in [1.29, 1.82) is 0 Å². The number of anilines is 1. The number of likely N-dealkylation sites (tertiary alicyclic amines) is 1. The van der Waals surface area contributed by atoms with Crippen molar-refractivity contribution < 1.29 is 22.3 Å². The summed E-state index contributed by atoms with van der Waals surface area (Å²) in [5.74, 6) is 1.74. The van der Waals surface area contributed by atoms with E-state index in [-0.39, 0.29) is 18.8 Å². The molecule has 6 aromatic rings. The summed E-state index contributed by atoms with van der Waals surface area (Å²) in [6.07, 6.45) is 3.33. The van der Waals surface area contributed by atoms with Gasteiger partial charge < -0.3 is 28.7 Å². The Morgan fingerprint density at radius 3 is 2.02 bits per heavy atom. The van der Waals surface area contributed by atoms with Crippen molar-refractivity contribution in [2.24, 2.45) is 0 Å². The molecule has 0 amide bonds. The van der Waals surface area contributed by atoms with Gasteiger partial charge in [-0.1, -0.05) is 93.6 Å². The van der Waals surface area contributed by atoms with Crippen LogP contribution in [0.2, 0.25) is 18.1 Å². The van der Waals surface area contributed by atoms with E-state index in [9.17, 15) is 8.42 Å². The molecule has 1 saturated heterocycles. The van der Waals surface area contributed by atoms with Gasteiger partial charge in [0.1, 0.15) is 24.2 Å². The van der Waals surface area contributed by atoms with Crippen molar-refractivity contribution in [3.05, 3.63) is 138 Å². The van der Waals surface area contributed by atoms with Gasteiger partial charge in [0.25, 0.3) is 0 Å². The molecule has 1 aliphatic heterocycles. The number of ether oxygens (including phenoxy) is 2. The van der Waals surface area contributed by atoms with Crippen LogP contribution < -0.4 is 19.1 Å². The zero-order valence-electron chi connectivity index (χ0n) is 36.0. The third kappa shape index (κ3) is 10.6. The first-order valence-corrected chi connectivity index (χ1v) is 26.0. The Kier molecular flexibility index (Phi) is 14.3. The summed E-state index contributed by atoms with van der Waals surface area (Å²) >= 11 is 0. The summed E-state index contributed by atoms with van der Waals surface area (Å²) < 4.78 is 50.2. The third-order valence-electron chi connectivity index (χ3n) is 12.3. The van der Waals surface area contributed by atoms with Crippen molar-refractivity contribution >= 4 is 45.8 Å². The van der Waals surface area contributed by atoms with Gasteiger partial charge in [0.15, 0.2) is 8.32 Å². The minimum absolute atomic E-state index is 0.232. The lowest BCUT2D eigenvalue weighted by Gasteiger charge is -2.34. The molecular weight excluding hydrogens is 785 g/mol. The second-order valence-corrected chi connectivity index (χ2v) is 22.9. The molecule has 60 heavy (non-hydrogen) atoms. The van der Waals surface area contributed by atoms with Gasteiger partial charge >= 0.3 is 0 Å². The van der Waals surface area contributed by atoms with E-state index in [0.717, 1.165) is 84.3 Å². The van der Waals surface area contributed by atoms with Crippen LogP contribution in [-0.4, -0.2) is 78.4 Å². The molecule has 7 rings (SSSR count). The largest absolute Gasteiger partial charge is 0.492 e. The molecule has 1 fully saturated rings. The van der Waals surface area contributed by atoms with Gasteiger partial charge in [-0.15, -0.1) is 0 Å². The Labute approximate surface area is 358 Å². The zero-order chi connectivity index (χ0) is 42.1. The molecule has 5 aromatic carbocycles. The minimum Gasteiger partial charge on any atom is -0.492 e. The monoisotopic (exact) mass is 846 g/mol. The molecule has 1 N–H and O–H groups in total. The lowest BCUT2D eigenvalue weighted by molar-refractivity contribution is 0.114. The molecule has 9 nitrogen and oxygen atoms in total. The summed E-state index contributed by atoms with van der Waals surface area (Å²) in [7, 11) is -3.40. The SMILES string of the molecule is CC[Si](CC)(CC)O[C@@H](CNCCOc1ccc2c3ccc(OC4CCN(C)CC4)cc3n(Cc3ccccc3)c2c1)c1cccc(N(Cc2ccccc2)S(C)(=O)=O)c1. The van der Waals surface area contributed by atoms with E-state index >= 15 is 0 Å². The summed E-state index contributed by atoms with van der Waals surface area (Å²) in [5.41, 5.74) is 6.03. The second kappa shape index (κ2) is 19.8. The average Bonchev–Trinajstić information content (AvgIpc) is 3.56. The fraction of sp³-hybridized carbons (Fsp3) is 0.388. The molecular formula is C49H62N4O5SSi. The zero-order valence-corrected chi connectivity index (χ0v) is 37.8. The van der Waals surface area contributed by atoms with Crippen LogP contribution in [0.5, 0.6) is 11.5 Å². The number of benzene rings is 5. The van der Waals surface area contributed by atoms with Crippen LogP contribution in [0, 0.1) is 0 Å². The Morgan fingerprint density at radius 2 is 1.38 bits per heavy atom. The van der Waals surface area contributed by atoms with E-state index in [1.807, 2.05) is 48.5 Å². The van der Waals surface area contributed by atoms with Crippen LogP contribution in [0.4, 0.5) is 5.69 Å². The molecule has 0 aliphatic carbocycles. The van der Waals surface area contributed by atoms with Gasteiger partial charge in [-0.05, 0) is 91.1 Å². The first-order chi connectivity index (χ1) is 29.1. The first kappa shape index (κ1) is 43.4. The van der Waals surface area contributed by atoms with Crippen LogP contribution in [0.15, 0.2) is 121 Å². The molecule has 318 valence electrons. The number of nitrogens with zero attached hydrogens (tertiary/aromatic N) is 3. The molecule has 1 atom stereocenters. The molecule has 11 heteroatoms. The van der Waals surface area contributed by atoms with Crippen molar-refractivity contribution in [3.63, 3.8) is 0 Å². The first-order valence-electron chi connectivity index (χ1n) is 21.7. The van der Waals surface area contributed by atoms with Crippen LogP contribution in [-0.2, 0) is 27.5 Å². The molecule has 0 radical (unpaired) electrons. The van der Waals surface area contributed by atoms with Gasteiger partial charge in [-0.3, -0.25) is 4.31 Å². The number of fused-ring (bicyclic) bond motifs is 3. The van der Waals surface area contributed by atoms with Crippen molar-refractivity contribution in [2.45, 2.75) is 77.0 Å². The Balaban J connectivity index is 1.08. The maximum atomic E-state index is 13.1. The number of hydrogen-bond donors (Lipinski definition) is 1. The van der Waals surface area contributed by atoms with Crippen molar-refractivity contribution in [2.75, 3.05) is 50.4 Å². The lowest BCUT2D eigenvalue weighted by atomic mass is 10.1. The van der Waals surface area contributed by atoms with E-state index in [1.165, 1.54) is 26.9 Å². The van der Waals surface area contributed by atoms with E-state index in [4.69, 9.17) is 13.9 Å². The smallest absolute Gasteiger partial charge is 0.232 e. The number of nitrogens with one attached hydrogen (secondary N) is 1. The Hall–Kier alpha value is -4.65. The lowest BCUT2D eigenvalue weighted by Crippen LogP contribution is -2.40. The highest BCUT2D eigenvalue weighted by Crippen LogP contribution is 2.36. The van der Waals surface area contributed by atoms with Gasteiger partial charge in [-0.25, -0.2) is 8.42 Å². The highest BCUT2D eigenvalue weighted by Gasteiger charge is 2.33. The molecule has 0 spiro atoms. The third-order valence-corrected chi connectivity index (χ3v) is 18.1. The van der Waals surface area contributed by atoms with Gasteiger partial charge in [-0.2, -0.15) is 0 Å². The topological polar surface area (TPSA) is 85.3 Å². The molecule has 0 unspecified atom stereocenters. The standard InChI is InChI=1S/C49H62N4O5SSi/c1-6-60(7-2,8-3)58-49(40-20-15-21-41(32-40)53(59(5,54)55)37-39-18-13-10-14-19-39)35-50-28-31-56-43-22-24-45-46-25-23-44(57-42-26-29-51(4)30-27-42)34-48(46)52(47(45)33-43)36-38-16-11-9-12-17-38/h9-25,32-34,42,49-50H,6-8,26-31,35-37H2,1-5H3/t49-/m0/s1. The van der Waals surface area contributed by atoms with Gasteiger partial charge in [0, 0.05) is 55.6 Å². The number of rotatable bonds is 20. The van der Waals surface area contributed by atoms with E-state index in [1.54, 1.807) is 0 Å². The molecule has 0 bridgehead atoms. The summed E-state index contributed by atoms with van der Waals surface area (Å²) in [6.45, 7) is 11.5. The normalized spacial score (nSPS) is 14.8. The van der Waals surface area contributed by atoms with E-state index in [2.05, 4.69) is 115 Å². The minimum atomic E-state index is -3.55. The van der Waals surface area contributed by atoms with Gasteiger partial charge in [0.2, 0.25) is 10.0 Å². The highest BCUT2D eigenvalue weighted by atomic mass is 32.2. The Bertz CT molecular complexity index is 2410. The Morgan fingerprint density at radius 1 is 0.767 bits per heavy atom. The molecule has 0 saturated carbocycles. The molecule has 1 aromatic heterocycles. The van der Waals surface area contributed by atoms with Crippen molar-refractivity contribution in [3.8, 4) is 11.5 Å². The number of hydrogen-bond acceptors (Lipinski definition) is 7. The predicted molar refractivity (Wildman–Crippen MR) is 249 cm³/mol. The van der Waals surface area contributed by atoms with Crippen LogP contribution in [0.1, 0.15) is 56.4 Å². The number of sulfonamides is 1. The number of piperidine rings is 1. The average molecular weight is 847 g/mol. The summed E-state index contributed by atoms with van der Waals surface area (Å²) in [4.78, 5) is 2.37. The maximum absolute atomic E-state index is 13.1.